The van der Waals surface area contributed by atoms with E-state index in [0.29, 0.717) is 11.3 Å². The fourth-order valence-electron chi connectivity index (χ4n) is 2.26. The lowest BCUT2D eigenvalue weighted by Gasteiger charge is -2.37. The molecular weight excluding hydrogens is 206 g/mol. The summed E-state index contributed by atoms with van der Waals surface area (Å²) in [6.45, 7) is 4.32. The van der Waals surface area contributed by atoms with Crippen molar-refractivity contribution in [1.82, 2.24) is 0 Å². The van der Waals surface area contributed by atoms with Gasteiger partial charge in [-0.3, -0.25) is 9.69 Å². The van der Waals surface area contributed by atoms with Crippen LogP contribution in [-0.4, -0.2) is 21.8 Å². The maximum absolute atomic E-state index is 11.6. The molecule has 16 heavy (non-hydrogen) atoms. The summed E-state index contributed by atoms with van der Waals surface area (Å²) >= 11 is 0. The van der Waals surface area contributed by atoms with Crippen LogP contribution in [0.1, 0.15) is 26.3 Å². The molecule has 2 atom stereocenters. The van der Waals surface area contributed by atoms with Crippen molar-refractivity contribution in [2.45, 2.75) is 32.1 Å². The van der Waals surface area contributed by atoms with Crippen LogP contribution in [0.15, 0.2) is 24.3 Å². The number of carbonyl (C=O) groups is 1. The van der Waals surface area contributed by atoms with E-state index in [0.717, 1.165) is 0 Å². The third-order valence-electron chi connectivity index (χ3n) is 3.34. The molecule has 0 spiro atoms. The zero-order valence-electron chi connectivity index (χ0n) is 9.56. The number of amides is 1. The van der Waals surface area contributed by atoms with Gasteiger partial charge in [0.2, 0.25) is 5.91 Å². The normalized spacial score (nSPS) is 32.7. The van der Waals surface area contributed by atoms with E-state index in [-0.39, 0.29) is 5.91 Å². The molecule has 1 aromatic rings. The van der Waals surface area contributed by atoms with Crippen molar-refractivity contribution < 1.29 is 15.0 Å². The van der Waals surface area contributed by atoms with Crippen molar-refractivity contribution >= 4 is 11.6 Å². The van der Waals surface area contributed by atoms with Crippen molar-refractivity contribution in [3.8, 4) is 0 Å². The maximum Gasteiger partial charge on any atom is 0.226 e. The summed E-state index contributed by atoms with van der Waals surface area (Å²) in [6, 6.07) is 6.97. The molecule has 0 aromatic heterocycles. The third-order valence-corrected chi connectivity index (χ3v) is 3.34. The fourth-order valence-corrected chi connectivity index (χ4v) is 2.26. The molecule has 1 aromatic carbocycles. The van der Waals surface area contributed by atoms with Crippen LogP contribution in [-0.2, 0) is 10.4 Å². The number of anilines is 1. The van der Waals surface area contributed by atoms with E-state index < -0.39 is 11.3 Å². The number of hydrogen-bond acceptors (Lipinski definition) is 3. The lowest BCUT2D eigenvalue weighted by Crippen LogP contribution is -2.56. The molecule has 1 aliphatic heterocycles. The van der Waals surface area contributed by atoms with Crippen molar-refractivity contribution in [3.05, 3.63) is 29.8 Å². The van der Waals surface area contributed by atoms with Gasteiger partial charge in [0, 0.05) is 12.5 Å². The zero-order chi connectivity index (χ0) is 12.1. The Hall–Kier alpha value is -1.39. The molecule has 1 heterocycles. The molecule has 86 valence electrons. The molecule has 0 aliphatic carbocycles. The van der Waals surface area contributed by atoms with E-state index in [2.05, 4.69) is 0 Å². The second-order valence-electron chi connectivity index (χ2n) is 4.46. The molecule has 4 heteroatoms. The Labute approximate surface area is 94.1 Å². The van der Waals surface area contributed by atoms with Gasteiger partial charge < -0.3 is 10.2 Å². The van der Waals surface area contributed by atoms with Crippen molar-refractivity contribution in [3.63, 3.8) is 0 Å². The predicted octanol–water partition coefficient (Wildman–Crippen LogP) is 0.969. The number of aliphatic hydroxyl groups is 2. The van der Waals surface area contributed by atoms with E-state index >= 15 is 0 Å². The van der Waals surface area contributed by atoms with Crippen LogP contribution in [0.2, 0.25) is 0 Å². The zero-order valence-corrected chi connectivity index (χ0v) is 9.56. The molecule has 4 nitrogen and oxygen atoms in total. The van der Waals surface area contributed by atoms with Gasteiger partial charge in [-0.15, -0.1) is 0 Å². The van der Waals surface area contributed by atoms with Crippen LogP contribution in [0, 0.1) is 0 Å². The van der Waals surface area contributed by atoms with Crippen LogP contribution in [0.25, 0.3) is 0 Å². The largest absolute Gasteiger partial charge is 0.380 e. The Morgan fingerprint density at radius 2 is 1.81 bits per heavy atom. The minimum Gasteiger partial charge on any atom is -0.380 e. The van der Waals surface area contributed by atoms with E-state index in [1.807, 2.05) is 0 Å². The summed E-state index contributed by atoms with van der Waals surface area (Å²) < 4.78 is 0. The first-order chi connectivity index (χ1) is 7.30. The number of fused-ring (bicyclic) bond motifs is 1. The quantitative estimate of drug-likeness (QED) is 0.686. The van der Waals surface area contributed by atoms with Gasteiger partial charge in [0.15, 0.2) is 5.72 Å². The van der Waals surface area contributed by atoms with Crippen LogP contribution < -0.4 is 4.90 Å². The van der Waals surface area contributed by atoms with E-state index in [4.69, 9.17) is 0 Å². The highest BCUT2D eigenvalue weighted by Gasteiger charge is 2.56. The molecule has 2 N–H and O–H groups in total. The summed E-state index contributed by atoms with van der Waals surface area (Å²) in [7, 11) is 0. The first-order valence-electron chi connectivity index (χ1n) is 5.15. The summed E-state index contributed by atoms with van der Waals surface area (Å²) in [5.74, 6) is -0.296. The number of nitrogens with zero attached hydrogens (tertiary/aromatic N) is 1. The molecule has 0 saturated heterocycles. The Morgan fingerprint density at radius 1 is 1.25 bits per heavy atom. The second-order valence-corrected chi connectivity index (χ2v) is 4.46. The second kappa shape index (κ2) is 3.06. The molecule has 0 saturated carbocycles. The minimum absolute atomic E-state index is 0.296. The number of para-hydroxylation sites is 1. The SMILES string of the molecule is CC(=O)N1c2ccccc2[C@@](C)(O)[C@]1(C)O. The number of carbonyl (C=O) groups excluding carboxylic acids is 1. The molecule has 0 fully saturated rings. The predicted molar refractivity (Wildman–Crippen MR) is 59.8 cm³/mol. The summed E-state index contributed by atoms with van der Waals surface area (Å²) in [5, 5.41) is 20.7. The van der Waals surface area contributed by atoms with E-state index in [1.165, 1.54) is 25.7 Å². The average molecular weight is 221 g/mol. The average Bonchev–Trinajstić information content (AvgIpc) is 2.32. The molecular formula is C12H15NO3. The van der Waals surface area contributed by atoms with E-state index in [9.17, 15) is 15.0 Å². The first-order valence-corrected chi connectivity index (χ1v) is 5.15. The van der Waals surface area contributed by atoms with Crippen LogP contribution in [0.3, 0.4) is 0 Å². The van der Waals surface area contributed by atoms with Crippen LogP contribution in [0.5, 0.6) is 0 Å². The minimum atomic E-state index is -1.62. The van der Waals surface area contributed by atoms with Gasteiger partial charge in [-0.05, 0) is 19.9 Å². The standard InChI is InChI=1S/C12H15NO3/c1-8(14)13-10-7-5-4-6-9(10)11(2,15)12(13,3)16/h4-7,15-16H,1-3H3/t11-,12+/m1/s1. The highest BCUT2D eigenvalue weighted by atomic mass is 16.4. The highest BCUT2D eigenvalue weighted by molar-refractivity contribution is 5.96. The van der Waals surface area contributed by atoms with Gasteiger partial charge in [-0.25, -0.2) is 0 Å². The third kappa shape index (κ3) is 1.14. The van der Waals surface area contributed by atoms with Gasteiger partial charge in [-0.1, -0.05) is 18.2 Å². The molecule has 0 bridgehead atoms. The fraction of sp³-hybridized carbons (Fsp3) is 0.417. The van der Waals surface area contributed by atoms with Crippen LogP contribution >= 0.6 is 0 Å². The number of rotatable bonds is 0. The smallest absolute Gasteiger partial charge is 0.226 e. The Balaban J connectivity index is 2.71. The number of benzene rings is 1. The van der Waals surface area contributed by atoms with Gasteiger partial charge in [0.05, 0.1) is 5.69 Å². The van der Waals surface area contributed by atoms with Crippen molar-refractivity contribution in [2.24, 2.45) is 0 Å². The van der Waals surface area contributed by atoms with E-state index in [1.54, 1.807) is 24.3 Å². The molecule has 1 amide bonds. The van der Waals surface area contributed by atoms with Crippen molar-refractivity contribution in [1.29, 1.82) is 0 Å². The Kier molecular flexibility index (Phi) is 2.12. The highest BCUT2D eigenvalue weighted by Crippen LogP contribution is 2.48. The van der Waals surface area contributed by atoms with Crippen LogP contribution in [0.4, 0.5) is 5.69 Å². The Bertz CT molecular complexity index is 451. The maximum atomic E-state index is 11.6. The van der Waals surface area contributed by atoms with Gasteiger partial charge in [0.1, 0.15) is 5.60 Å². The monoisotopic (exact) mass is 221 g/mol. The first kappa shape index (κ1) is 11.1. The molecule has 0 unspecified atom stereocenters. The van der Waals surface area contributed by atoms with Gasteiger partial charge in [0.25, 0.3) is 0 Å². The molecule has 1 aliphatic rings. The summed E-state index contributed by atoms with van der Waals surface area (Å²) in [4.78, 5) is 12.8. The van der Waals surface area contributed by atoms with Crippen molar-refractivity contribution in [2.75, 3.05) is 4.90 Å². The lowest BCUT2D eigenvalue weighted by atomic mass is 9.90. The lowest BCUT2D eigenvalue weighted by molar-refractivity contribution is -0.142. The molecule has 2 rings (SSSR count). The summed E-state index contributed by atoms with van der Waals surface area (Å²) in [6.07, 6.45) is 0. The molecule has 0 radical (unpaired) electrons. The topological polar surface area (TPSA) is 60.8 Å². The number of hydrogen-bond donors (Lipinski definition) is 2. The van der Waals surface area contributed by atoms with Gasteiger partial charge >= 0.3 is 0 Å². The van der Waals surface area contributed by atoms with Gasteiger partial charge in [-0.2, -0.15) is 0 Å². The summed E-state index contributed by atoms with van der Waals surface area (Å²) in [5.41, 5.74) is -1.96. The Morgan fingerprint density at radius 3 is 2.38 bits per heavy atom.